The molecule has 0 aliphatic carbocycles. The molecule has 0 spiro atoms. The van der Waals surface area contributed by atoms with Crippen molar-refractivity contribution >= 4 is 28.9 Å². The summed E-state index contributed by atoms with van der Waals surface area (Å²) in [5, 5.41) is 13.9. The molecule has 0 heterocycles. The Morgan fingerprint density at radius 1 is 1.20 bits per heavy atom. The first-order valence-corrected chi connectivity index (χ1v) is 6.84. The number of aromatic hydroxyl groups is 1. The predicted octanol–water partition coefficient (Wildman–Crippen LogP) is 4.46. The highest BCUT2D eigenvalue weighted by atomic mass is 35.5. The number of phenols is 1. The Balaban J connectivity index is 2.10. The molecule has 0 saturated heterocycles. The molecular weight excluding hydrogens is 297 g/mol. The van der Waals surface area contributed by atoms with Gasteiger partial charge in [0, 0.05) is 29.9 Å². The molecular formula is C15H15Cl2NO2. The van der Waals surface area contributed by atoms with Crippen molar-refractivity contribution in [2.75, 3.05) is 12.4 Å². The fourth-order valence-corrected chi connectivity index (χ4v) is 2.42. The van der Waals surface area contributed by atoms with Gasteiger partial charge in [-0.3, -0.25) is 0 Å². The van der Waals surface area contributed by atoms with E-state index in [1.807, 2.05) is 24.3 Å². The van der Waals surface area contributed by atoms with Crippen LogP contribution in [0.25, 0.3) is 0 Å². The molecule has 20 heavy (non-hydrogen) atoms. The van der Waals surface area contributed by atoms with Crippen molar-refractivity contribution in [2.45, 2.75) is 13.2 Å². The van der Waals surface area contributed by atoms with Gasteiger partial charge in [-0.1, -0.05) is 35.3 Å². The molecule has 2 aromatic rings. The fraction of sp³-hybridized carbons (Fsp3) is 0.200. The second-order valence-corrected chi connectivity index (χ2v) is 5.23. The summed E-state index contributed by atoms with van der Waals surface area (Å²) in [4.78, 5) is 0. The summed E-state index contributed by atoms with van der Waals surface area (Å²) >= 11 is 11.8. The molecule has 0 unspecified atom stereocenters. The van der Waals surface area contributed by atoms with Crippen molar-refractivity contribution in [3.63, 3.8) is 0 Å². The van der Waals surface area contributed by atoms with Crippen LogP contribution in [-0.2, 0) is 17.9 Å². The molecule has 0 amide bonds. The third-order valence-corrected chi connectivity index (χ3v) is 3.33. The number of anilines is 1. The van der Waals surface area contributed by atoms with E-state index in [9.17, 15) is 5.11 Å². The summed E-state index contributed by atoms with van der Waals surface area (Å²) in [6.45, 7) is 0.992. The Labute approximate surface area is 128 Å². The van der Waals surface area contributed by atoms with Gasteiger partial charge >= 0.3 is 0 Å². The van der Waals surface area contributed by atoms with Crippen molar-refractivity contribution in [1.29, 1.82) is 0 Å². The Hall–Kier alpha value is -1.42. The molecule has 0 saturated carbocycles. The third-order valence-electron chi connectivity index (χ3n) is 2.83. The number of ether oxygens (including phenoxy) is 1. The van der Waals surface area contributed by atoms with Crippen molar-refractivity contribution in [3.8, 4) is 5.75 Å². The summed E-state index contributed by atoms with van der Waals surface area (Å²) in [7, 11) is 1.66. The molecule has 106 valence electrons. The Bertz CT molecular complexity index is 602. The van der Waals surface area contributed by atoms with E-state index in [0.29, 0.717) is 23.7 Å². The molecule has 0 aliphatic rings. The summed E-state index contributed by atoms with van der Waals surface area (Å²) in [5.74, 6) is 0.0524. The second kappa shape index (κ2) is 6.84. The van der Waals surface area contributed by atoms with Gasteiger partial charge in [0.25, 0.3) is 0 Å². The lowest BCUT2D eigenvalue weighted by Crippen LogP contribution is -2.01. The summed E-state index contributed by atoms with van der Waals surface area (Å²) in [6.07, 6.45) is 0. The van der Waals surface area contributed by atoms with Crippen LogP contribution < -0.4 is 5.32 Å². The molecule has 0 fully saturated rings. The van der Waals surface area contributed by atoms with E-state index in [0.717, 1.165) is 11.3 Å². The van der Waals surface area contributed by atoms with Gasteiger partial charge in [-0.25, -0.2) is 0 Å². The highest BCUT2D eigenvalue weighted by Gasteiger charge is 2.07. The zero-order chi connectivity index (χ0) is 14.5. The number of hydrogen-bond acceptors (Lipinski definition) is 3. The number of hydrogen-bond donors (Lipinski definition) is 2. The summed E-state index contributed by atoms with van der Waals surface area (Å²) < 4.78 is 5.09. The quantitative estimate of drug-likeness (QED) is 0.856. The van der Waals surface area contributed by atoms with Gasteiger partial charge in [0.2, 0.25) is 0 Å². The van der Waals surface area contributed by atoms with Crippen LogP contribution >= 0.6 is 23.2 Å². The molecule has 0 aromatic heterocycles. The minimum Gasteiger partial charge on any atom is -0.506 e. The largest absolute Gasteiger partial charge is 0.506 e. The molecule has 2 aromatic carbocycles. The Kier molecular flexibility index (Phi) is 5.12. The molecule has 0 aliphatic heterocycles. The number of nitrogens with one attached hydrogen (secondary N) is 1. The average molecular weight is 312 g/mol. The number of rotatable bonds is 5. The predicted molar refractivity (Wildman–Crippen MR) is 82.6 cm³/mol. The van der Waals surface area contributed by atoms with Crippen molar-refractivity contribution in [1.82, 2.24) is 0 Å². The van der Waals surface area contributed by atoms with Gasteiger partial charge in [-0.05, 0) is 29.8 Å². The van der Waals surface area contributed by atoms with E-state index in [-0.39, 0.29) is 10.8 Å². The lowest BCUT2D eigenvalue weighted by Gasteiger charge is -2.11. The molecule has 2 N–H and O–H groups in total. The molecule has 2 rings (SSSR count). The van der Waals surface area contributed by atoms with Gasteiger partial charge in [0.1, 0.15) is 5.75 Å². The normalized spacial score (nSPS) is 10.6. The SMILES string of the molecule is COCc1cccc(NCc2cc(Cl)cc(Cl)c2O)c1. The summed E-state index contributed by atoms with van der Waals surface area (Å²) in [6, 6.07) is 11.1. The number of halogens is 2. The highest BCUT2D eigenvalue weighted by Crippen LogP contribution is 2.31. The zero-order valence-corrected chi connectivity index (χ0v) is 12.5. The van der Waals surface area contributed by atoms with Gasteiger partial charge in [-0.2, -0.15) is 0 Å². The molecule has 5 heteroatoms. The van der Waals surface area contributed by atoms with Crippen LogP contribution in [0.4, 0.5) is 5.69 Å². The van der Waals surface area contributed by atoms with Crippen LogP contribution in [0.15, 0.2) is 36.4 Å². The van der Waals surface area contributed by atoms with Crippen molar-refractivity contribution < 1.29 is 9.84 Å². The smallest absolute Gasteiger partial charge is 0.139 e. The van der Waals surface area contributed by atoms with Crippen molar-refractivity contribution in [3.05, 3.63) is 57.6 Å². The maximum Gasteiger partial charge on any atom is 0.139 e. The summed E-state index contributed by atoms with van der Waals surface area (Å²) in [5.41, 5.74) is 2.67. The van der Waals surface area contributed by atoms with E-state index in [1.165, 1.54) is 6.07 Å². The minimum atomic E-state index is 0.0524. The fourth-order valence-electron chi connectivity index (χ4n) is 1.89. The first-order valence-electron chi connectivity index (χ1n) is 6.09. The maximum atomic E-state index is 9.89. The second-order valence-electron chi connectivity index (χ2n) is 4.38. The van der Waals surface area contributed by atoms with Crippen LogP contribution in [0.2, 0.25) is 10.0 Å². The van der Waals surface area contributed by atoms with E-state index in [4.69, 9.17) is 27.9 Å². The Morgan fingerprint density at radius 3 is 2.75 bits per heavy atom. The van der Waals surface area contributed by atoms with Gasteiger partial charge in [0.15, 0.2) is 0 Å². The van der Waals surface area contributed by atoms with Gasteiger partial charge < -0.3 is 15.2 Å². The topological polar surface area (TPSA) is 41.5 Å². The minimum absolute atomic E-state index is 0.0524. The molecule has 0 radical (unpaired) electrons. The standard InChI is InChI=1S/C15H15Cl2NO2/c1-20-9-10-3-2-4-13(5-10)18-8-11-6-12(16)7-14(17)15(11)19/h2-7,18-19H,8-9H2,1H3. The van der Waals surface area contributed by atoms with Gasteiger partial charge in [0.05, 0.1) is 11.6 Å². The van der Waals surface area contributed by atoms with Crippen LogP contribution in [0.1, 0.15) is 11.1 Å². The third kappa shape index (κ3) is 3.79. The lowest BCUT2D eigenvalue weighted by molar-refractivity contribution is 0.185. The van der Waals surface area contributed by atoms with E-state index >= 15 is 0 Å². The van der Waals surface area contributed by atoms with Crippen LogP contribution in [0.3, 0.4) is 0 Å². The van der Waals surface area contributed by atoms with E-state index in [1.54, 1.807) is 13.2 Å². The van der Waals surface area contributed by atoms with Crippen LogP contribution in [-0.4, -0.2) is 12.2 Å². The first-order chi connectivity index (χ1) is 9.60. The molecule has 3 nitrogen and oxygen atoms in total. The number of phenolic OH excluding ortho intramolecular Hbond substituents is 1. The number of methoxy groups -OCH3 is 1. The first kappa shape index (κ1) is 15.0. The van der Waals surface area contributed by atoms with E-state index < -0.39 is 0 Å². The maximum absolute atomic E-state index is 9.89. The Morgan fingerprint density at radius 2 is 2.00 bits per heavy atom. The monoisotopic (exact) mass is 311 g/mol. The average Bonchev–Trinajstić information content (AvgIpc) is 2.42. The molecule has 0 bridgehead atoms. The number of benzene rings is 2. The van der Waals surface area contributed by atoms with Crippen LogP contribution in [0, 0.1) is 0 Å². The highest BCUT2D eigenvalue weighted by molar-refractivity contribution is 6.35. The molecule has 0 atom stereocenters. The van der Waals surface area contributed by atoms with Crippen LogP contribution in [0.5, 0.6) is 5.75 Å². The zero-order valence-electron chi connectivity index (χ0n) is 11.0. The van der Waals surface area contributed by atoms with Gasteiger partial charge in [-0.15, -0.1) is 0 Å². The van der Waals surface area contributed by atoms with E-state index in [2.05, 4.69) is 5.32 Å². The van der Waals surface area contributed by atoms with Crippen molar-refractivity contribution in [2.24, 2.45) is 0 Å². The lowest BCUT2D eigenvalue weighted by atomic mass is 10.1.